The number of furan rings is 1. The van der Waals surface area contributed by atoms with Gasteiger partial charge in [-0.05, 0) is 30.3 Å². The Kier molecular flexibility index (Phi) is 2.39. The van der Waals surface area contributed by atoms with Gasteiger partial charge in [0.2, 0.25) is 0 Å². The van der Waals surface area contributed by atoms with E-state index in [2.05, 4.69) is 9.97 Å². The molecule has 4 nitrogen and oxygen atoms in total. The molecule has 1 aromatic carbocycles. The van der Waals surface area contributed by atoms with E-state index in [4.69, 9.17) is 21.1 Å². The summed E-state index contributed by atoms with van der Waals surface area (Å²) < 4.78 is 5.40. The minimum atomic E-state index is -0.119. The molecule has 0 aliphatic rings. The third kappa shape index (κ3) is 1.81. The Morgan fingerprint density at radius 3 is 2.94 bits per heavy atom. The van der Waals surface area contributed by atoms with Gasteiger partial charge in [-0.15, -0.1) is 0 Å². The molecule has 0 radical (unpaired) electrons. The summed E-state index contributed by atoms with van der Waals surface area (Å²) in [6.07, 6.45) is 0. The Labute approximate surface area is 102 Å². The molecule has 3 rings (SSSR count). The molecule has 0 saturated heterocycles. The molecule has 17 heavy (non-hydrogen) atoms. The van der Waals surface area contributed by atoms with Crippen molar-refractivity contribution in [3.05, 3.63) is 41.1 Å². The van der Waals surface area contributed by atoms with E-state index in [0.717, 1.165) is 11.0 Å². The lowest BCUT2D eigenvalue weighted by Crippen LogP contribution is -1.77. The molecule has 0 atom stereocenters. The topological polar surface area (TPSA) is 62.1 Å². The molecule has 2 N–H and O–H groups in total. The van der Waals surface area contributed by atoms with Crippen LogP contribution in [0.4, 0.5) is 0 Å². The van der Waals surface area contributed by atoms with Gasteiger partial charge in [-0.1, -0.05) is 11.6 Å². The minimum Gasteiger partial charge on any atom is -0.455 e. The third-order valence-corrected chi connectivity index (χ3v) is 2.73. The number of halogens is 1. The van der Waals surface area contributed by atoms with Gasteiger partial charge in [-0.25, -0.2) is 4.98 Å². The predicted molar refractivity (Wildman–Crippen MR) is 64.7 cm³/mol. The number of fused-ring (bicyclic) bond motifs is 1. The predicted octanol–water partition coefficient (Wildman–Crippen LogP) is 2.97. The summed E-state index contributed by atoms with van der Waals surface area (Å²) >= 11 is 5.90. The van der Waals surface area contributed by atoms with E-state index in [1.54, 1.807) is 18.2 Å². The standard InChI is InChI=1S/C12H9ClN2O2/c13-7-1-3-9-10(5-7)15-12(14-9)11-4-2-8(6-16)17-11/h1-5,16H,6H2,(H,14,15). The van der Waals surface area contributed by atoms with Crippen molar-refractivity contribution in [2.24, 2.45) is 0 Å². The van der Waals surface area contributed by atoms with Gasteiger partial charge in [0.05, 0.1) is 11.0 Å². The summed E-state index contributed by atoms with van der Waals surface area (Å²) in [5.74, 6) is 1.74. The van der Waals surface area contributed by atoms with Gasteiger partial charge in [0.25, 0.3) is 0 Å². The number of aliphatic hydroxyl groups excluding tert-OH is 1. The second kappa shape index (κ2) is 3.91. The number of nitrogens with one attached hydrogen (secondary N) is 1. The monoisotopic (exact) mass is 248 g/mol. The highest BCUT2D eigenvalue weighted by Crippen LogP contribution is 2.24. The van der Waals surface area contributed by atoms with Crippen molar-refractivity contribution < 1.29 is 9.52 Å². The number of aromatic amines is 1. The van der Waals surface area contributed by atoms with Gasteiger partial charge >= 0.3 is 0 Å². The van der Waals surface area contributed by atoms with Crippen LogP contribution in [0.3, 0.4) is 0 Å². The van der Waals surface area contributed by atoms with E-state index in [9.17, 15) is 0 Å². The minimum absolute atomic E-state index is 0.119. The fourth-order valence-corrected chi connectivity index (χ4v) is 1.86. The maximum absolute atomic E-state index is 8.93. The van der Waals surface area contributed by atoms with Crippen LogP contribution in [-0.2, 0) is 6.61 Å². The van der Waals surface area contributed by atoms with Gasteiger partial charge in [0.1, 0.15) is 12.4 Å². The van der Waals surface area contributed by atoms with E-state index in [0.29, 0.717) is 22.4 Å². The second-order valence-corrected chi connectivity index (χ2v) is 4.11. The number of H-pyrrole nitrogens is 1. The molecule has 0 aliphatic carbocycles. The molecule has 2 aromatic heterocycles. The molecule has 2 heterocycles. The molecule has 0 fully saturated rings. The third-order valence-electron chi connectivity index (χ3n) is 2.49. The zero-order chi connectivity index (χ0) is 11.8. The lowest BCUT2D eigenvalue weighted by Gasteiger charge is -1.89. The zero-order valence-electron chi connectivity index (χ0n) is 8.77. The van der Waals surface area contributed by atoms with Crippen LogP contribution in [0.5, 0.6) is 0 Å². The van der Waals surface area contributed by atoms with E-state index in [1.807, 2.05) is 12.1 Å². The van der Waals surface area contributed by atoms with Crippen molar-refractivity contribution in [2.45, 2.75) is 6.61 Å². The first-order valence-corrected chi connectivity index (χ1v) is 5.49. The zero-order valence-corrected chi connectivity index (χ0v) is 9.53. The van der Waals surface area contributed by atoms with E-state index >= 15 is 0 Å². The van der Waals surface area contributed by atoms with Crippen LogP contribution in [0.2, 0.25) is 5.02 Å². The Bertz CT molecular complexity index is 672. The Morgan fingerprint density at radius 2 is 2.18 bits per heavy atom. The molecule has 3 aromatic rings. The first-order valence-electron chi connectivity index (χ1n) is 5.11. The number of rotatable bonds is 2. The molecule has 5 heteroatoms. The quantitative estimate of drug-likeness (QED) is 0.733. The Morgan fingerprint density at radius 1 is 1.29 bits per heavy atom. The Balaban J connectivity index is 2.11. The van der Waals surface area contributed by atoms with Crippen molar-refractivity contribution in [1.82, 2.24) is 9.97 Å². The summed E-state index contributed by atoms with van der Waals surface area (Å²) in [4.78, 5) is 7.50. The Hall–Kier alpha value is -1.78. The van der Waals surface area contributed by atoms with Crippen LogP contribution in [0.15, 0.2) is 34.7 Å². The average Bonchev–Trinajstić information content (AvgIpc) is 2.93. The summed E-state index contributed by atoms with van der Waals surface area (Å²) in [7, 11) is 0. The fraction of sp³-hybridized carbons (Fsp3) is 0.0833. The number of imidazole rings is 1. The van der Waals surface area contributed by atoms with Crippen LogP contribution in [0.25, 0.3) is 22.6 Å². The largest absolute Gasteiger partial charge is 0.455 e. The van der Waals surface area contributed by atoms with Gasteiger partial charge in [0, 0.05) is 5.02 Å². The van der Waals surface area contributed by atoms with Crippen molar-refractivity contribution in [2.75, 3.05) is 0 Å². The van der Waals surface area contributed by atoms with Crippen molar-refractivity contribution >= 4 is 22.6 Å². The summed E-state index contributed by atoms with van der Waals surface area (Å²) in [5, 5.41) is 9.59. The van der Waals surface area contributed by atoms with Crippen LogP contribution >= 0.6 is 11.6 Å². The molecule has 0 bridgehead atoms. The second-order valence-electron chi connectivity index (χ2n) is 3.67. The molecule has 0 saturated carbocycles. The molecule has 0 spiro atoms. The van der Waals surface area contributed by atoms with Crippen LogP contribution in [0.1, 0.15) is 5.76 Å². The maximum atomic E-state index is 8.93. The van der Waals surface area contributed by atoms with Crippen LogP contribution in [-0.4, -0.2) is 15.1 Å². The molecule has 0 amide bonds. The smallest absolute Gasteiger partial charge is 0.174 e. The number of hydrogen-bond donors (Lipinski definition) is 2. The fourth-order valence-electron chi connectivity index (χ4n) is 1.69. The highest BCUT2D eigenvalue weighted by molar-refractivity contribution is 6.31. The van der Waals surface area contributed by atoms with Gasteiger partial charge in [0.15, 0.2) is 11.6 Å². The normalized spacial score (nSPS) is 11.2. The number of hydrogen-bond acceptors (Lipinski definition) is 3. The molecular formula is C12H9ClN2O2. The number of nitrogens with zero attached hydrogens (tertiary/aromatic N) is 1. The molecule has 86 valence electrons. The highest BCUT2D eigenvalue weighted by atomic mass is 35.5. The summed E-state index contributed by atoms with van der Waals surface area (Å²) in [6, 6.07) is 8.92. The first-order chi connectivity index (χ1) is 8.26. The first kappa shape index (κ1) is 10.4. The maximum Gasteiger partial charge on any atom is 0.174 e. The van der Waals surface area contributed by atoms with Crippen molar-refractivity contribution in [3.8, 4) is 11.6 Å². The van der Waals surface area contributed by atoms with Gasteiger partial charge < -0.3 is 14.5 Å². The molecule has 0 unspecified atom stereocenters. The SMILES string of the molecule is OCc1ccc(-c2nc3ccc(Cl)cc3[nH]2)o1. The van der Waals surface area contributed by atoms with Crippen LogP contribution < -0.4 is 0 Å². The number of benzene rings is 1. The lowest BCUT2D eigenvalue weighted by molar-refractivity contribution is 0.248. The lowest BCUT2D eigenvalue weighted by atomic mass is 10.3. The van der Waals surface area contributed by atoms with Crippen molar-refractivity contribution in [3.63, 3.8) is 0 Å². The molecule has 0 aliphatic heterocycles. The van der Waals surface area contributed by atoms with E-state index in [-0.39, 0.29) is 6.61 Å². The molecular weight excluding hydrogens is 240 g/mol. The van der Waals surface area contributed by atoms with Gasteiger partial charge in [-0.2, -0.15) is 0 Å². The summed E-state index contributed by atoms with van der Waals surface area (Å²) in [5.41, 5.74) is 1.68. The number of aliphatic hydroxyl groups is 1. The average molecular weight is 249 g/mol. The van der Waals surface area contributed by atoms with E-state index < -0.39 is 0 Å². The number of aromatic nitrogens is 2. The van der Waals surface area contributed by atoms with Crippen LogP contribution in [0, 0.1) is 0 Å². The highest BCUT2D eigenvalue weighted by Gasteiger charge is 2.09. The van der Waals surface area contributed by atoms with Crippen molar-refractivity contribution in [1.29, 1.82) is 0 Å². The van der Waals surface area contributed by atoms with Gasteiger partial charge in [-0.3, -0.25) is 0 Å². The summed E-state index contributed by atoms with van der Waals surface area (Å²) in [6.45, 7) is -0.119. The van der Waals surface area contributed by atoms with E-state index in [1.165, 1.54) is 0 Å².